The summed E-state index contributed by atoms with van der Waals surface area (Å²) in [6, 6.07) is 3.59. The molecule has 2 rings (SSSR count). The molecule has 0 spiro atoms. The summed E-state index contributed by atoms with van der Waals surface area (Å²) >= 11 is 0. The SMILES string of the molecule is CC[C@@H](Nc1c(C)c(=O)c1=O)c1ccco1. The molecule has 0 aliphatic carbocycles. The van der Waals surface area contributed by atoms with Crippen LogP contribution in [0.3, 0.4) is 0 Å². The van der Waals surface area contributed by atoms with Crippen LogP contribution in [-0.2, 0) is 0 Å². The molecule has 1 heterocycles. The van der Waals surface area contributed by atoms with Gasteiger partial charge in [0, 0.05) is 5.56 Å². The van der Waals surface area contributed by atoms with Crippen molar-refractivity contribution in [3.05, 3.63) is 50.2 Å². The molecule has 84 valence electrons. The molecule has 0 aliphatic heterocycles. The highest BCUT2D eigenvalue weighted by Gasteiger charge is 2.21. The minimum atomic E-state index is -0.428. The summed E-state index contributed by atoms with van der Waals surface area (Å²) < 4.78 is 5.27. The number of nitrogens with one attached hydrogen (secondary N) is 1. The minimum Gasteiger partial charge on any atom is -0.467 e. The summed E-state index contributed by atoms with van der Waals surface area (Å²) in [4.78, 5) is 22.3. The molecule has 1 aromatic carbocycles. The second-order valence-electron chi connectivity index (χ2n) is 3.78. The van der Waals surface area contributed by atoms with Crippen LogP contribution >= 0.6 is 0 Å². The molecule has 4 nitrogen and oxygen atoms in total. The lowest BCUT2D eigenvalue weighted by molar-refractivity contribution is 0.473. The number of rotatable bonds is 4. The average Bonchev–Trinajstić information content (AvgIpc) is 2.82. The molecule has 0 fully saturated rings. The number of furan rings is 1. The van der Waals surface area contributed by atoms with Crippen molar-refractivity contribution in [2.24, 2.45) is 0 Å². The first kappa shape index (κ1) is 10.7. The Morgan fingerprint density at radius 1 is 1.38 bits per heavy atom. The molecular weight excluding hydrogens is 206 g/mol. The Bertz CT molecular complexity index is 547. The molecule has 0 amide bonds. The van der Waals surface area contributed by atoms with E-state index in [-0.39, 0.29) is 6.04 Å². The van der Waals surface area contributed by atoms with Gasteiger partial charge >= 0.3 is 0 Å². The van der Waals surface area contributed by atoms with Gasteiger partial charge in [0.2, 0.25) is 10.9 Å². The standard InChI is InChI=1S/C12H13NO3/c1-3-8(9-5-4-6-16-9)13-10-7(2)11(14)12(10)15/h4-6,8,13H,3H2,1-2H3/t8-/m1/s1. The van der Waals surface area contributed by atoms with Gasteiger partial charge in [0.05, 0.1) is 18.0 Å². The second kappa shape index (κ2) is 3.96. The fourth-order valence-electron chi connectivity index (χ4n) is 1.72. The van der Waals surface area contributed by atoms with Crippen LogP contribution in [0.2, 0.25) is 0 Å². The highest BCUT2D eigenvalue weighted by molar-refractivity contribution is 5.56. The predicted molar refractivity (Wildman–Crippen MR) is 61.5 cm³/mol. The van der Waals surface area contributed by atoms with Crippen LogP contribution in [0.15, 0.2) is 32.4 Å². The number of hydrogen-bond acceptors (Lipinski definition) is 4. The van der Waals surface area contributed by atoms with Crippen LogP contribution < -0.4 is 16.2 Å². The van der Waals surface area contributed by atoms with Crippen LogP contribution in [0.1, 0.15) is 30.7 Å². The molecule has 1 N–H and O–H groups in total. The Kier molecular flexibility index (Phi) is 2.64. The molecule has 1 aromatic heterocycles. The third-order valence-corrected chi connectivity index (χ3v) is 2.76. The first-order chi connectivity index (χ1) is 7.65. The Hall–Kier alpha value is -1.84. The summed E-state index contributed by atoms with van der Waals surface area (Å²) in [5, 5.41) is 3.05. The topological polar surface area (TPSA) is 59.3 Å². The van der Waals surface area contributed by atoms with E-state index in [1.54, 1.807) is 19.3 Å². The maximum atomic E-state index is 11.3. The summed E-state index contributed by atoms with van der Waals surface area (Å²) in [6.07, 6.45) is 2.38. The van der Waals surface area contributed by atoms with Gasteiger partial charge in [-0.1, -0.05) is 6.92 Å². The molecule has 0 unspecified atom stereocenters. The molecule has 16 heavy (non-hydrogen) atoms. The van der Waals surface area contributed by atoms with E-state index in [0.717, 1.165) is 12.2 Å². The van der Waals surface area contributed by atoms with Crippen LogP contribution in [0.4, 0.5) is 5.69 Å². The van der Waals surface area contributed by atoms with Gasteiger partial charge in [-0.25, -0.2) is 0 Å². The first-order valence-corrected chi connectivity index (χ1v) is 5.25. The van der Waals surface area contributed by atoms with E-state index in [0.29, 0.717) is 11.3 Å². The van der Waals surface area contributed by atoms with Crippen molar-refractivity contribution in [3.63, 3.8) is 0 Å². The van der Waals surface area contributed by atoms with Gasteiger partial charge in [-0.3, -0.25) is 9.59 Å². The van der Waals surface area contributed by atoms with Crippen molar-refractivity contribution in [3.8, 4) is 0 Å². The quantitative estimate of drug-likeness (QED) is 0.796. The Morgan fingerprint density at radius 3 is 2.62 bits per heavy atom. The summed E-state index contributed by atoms with van der Waals surface area (Å²) in [6.45, 7) is 3.64. The molecule has 0 radical (unpaired) electrons. The largest absolute Gasteiger partial charge is 0.467 e. The van der Waals surface area contributed by atoms with Crippen molar-refractivity contribution >= 4 is 5.69 Å². The van der Waals surface area contributed by atoms with Gasteiger partial charge in [0.15, 0.2) is 0 Å². The van der Waals surface area contributed by atoms with Gasteiger partial charge in [-0.15, -0.1) is 0 Å². The van der Waals surface area contributed by atoms with Crippen molar-refractivity contribution < 1.29 is 4.42 Å². The Morgan fingerprint density at radius 2 is 2.12 bits per heavy atom. The van der Waals surface area contributed by atoms with Gasteiger partial charge in [0.25, 0.3) is 0 Å². The zero-order valence-corrected chi connectivity index (χ0v) is 9.24. The fourth-order valence-corrected chi connectivity index (χ4v) is 1.72. The predicted octanol–water partition coefficient (Wildman–Crippen LogP) is 1.75. The van der Waals surface area contributed by atoms with E-state index in [1.807, 2.05) is 13.0 Å². The monoisotopic (exact) mass is 219 g/mol. The molecule has 0 saturated carbocycles. The smallest absolute Gasteiger partial charge is 0.249 e. The zero-order chi connectivity index (χ0) is 11.7. The maximum absolute atomic E-state index is 11.3. The van der Waals surface area contributed by atoms with E-state index < -0.39 is 10.9 Å². The van der Waals surface area contributed by atoms with Gasteiger partial charge in [-0.2, -0.15) is 0 Å². The van der Waals surface area contributed by atoms with Crippen molar-refractivity contribution in [1.82, 2.24) is 0 Å². The third kappa shape index (κ3) is 1.56. The highest BCUT2D eigenvalue weighted by atomic mass is 16.3. The van der Waals surface area contributed by atoms with Crippen LogP contribution in [0, 0.1) is 6.92 Å². The van der Waals surface area contributed by atoms with Gasteiger partial charge in [0.1, 0.15) is 5.76 Å². The average molecular weight is 219 g/mol. The second-order valence-corrected chi connectivity index (χ2v) is 3.78. The van der Waals surface area contributed by atoms with E-state index in [2.05, 4.69) is 5.32 Å². The van der Waals surface area contributed by atoms with Crippen LogP contribution in [0.25, 0.3) is 0 Å². The lowest BCUT2D eigenvalue weighted by Crippen LogP contribution is -2.37. The molecule has 4 heteroatoms. The van der Waals surface area contributed by atoms with Crippen molar-refractivity contribution in [2.75, 3.05) is 5.32 Å². The summed E-state index contributed by atoms with van der Waals surface area (Å²) in [5.74, 6) is 0.773. The normalized spacial score (nSPS) is 12.9. The van der Waals surface area contributed by atoms with E-state index in [9.17, 15) is 9.59 Å². The molecule has 2 aromatic rings. The van der Waals surface area contributed by atoms with Crippen molar-refractivity contribution in [2.45, 2.75) is 26.3 Å². The number of anilines is 1. The van der Waals surface area contributed by atoms with Crippen molar-refractivity contribution in [1.29, 1.82) is 0 Å². The molecule has 0 bridgehead atoms. The van der Waals surface area contributed by atoms with E-state index >= 15 is 0 Å². The maximum Gasteiger partial charge on any atom is 0.249 e. The molecular formula is C12H13NO3. The van der Waals surface area contributed by atoms with Crippen LogP contribution in [-0.4, -0.2) is 0 Å². The third-order valence-electron chi connectivity index (χ3n) is 2.76. The van der Waals surface area contributed by atoms with Gasteiger partial charge < -0.3 is 9.73 Å². The molecule has 0 aliphatic rings. The zero-order valence-electron chi connectivity index (χ0n) is 9.24. The summed E-state index contributed by atoms with van der Waals surface area (Å²) in [5.41, 5.74) is 0.113. The van der Waals surface area contributed by atoms with Crippen LogP contribution in [0.5, 0.6) is 0 Å². The summed E-state index contributed by atoms with van der Waals surface area (Å²) in [7, 11) is 0. The minimum absolute atomic E-state index is 0.0583. The lowest BCUT2D eigenvalue weighted by Gasteiger charge is -2.17. The Labute approximate surface area is 92.6 Å². The molecule has 1 atom stereocenters. The van der Waals surface area contributed by atoms with E-state index in [4.69, 9.17) is 4.42 Å². The lowest BCUT2D eigenvalue weighted by atomic mass is 10.1. The molecule has 0 saturated heterocycles. The Balaban J connectivity index is 2.21. The number of hydrogen-bond donors (Lipinski definition) is 1. The van der Waals surface area contributed by atoms with Gasteiger partial charge in [-0.05, 0) is 25.5 Å². The highest BCUT2D eigenvalue weighted by Crippen LogP contribution is 2.22. The van der Waals surface area contributed by atoms with E-state index in [1.165, 1.54) is 0 Å². The fraction of sp³-hybridized carbons (Fsp3) is 0.333. The first-order valence-electron chi connectivity index (χ1n) is 5.25.